The number of hydrogen-bond acceptors (Lipinski definition) is 4. The highest BCUT2D eigenvalue weighted by Gasteiger charge is 2.56. The van der Waals surface area contributed by atoms with Gasteiger partial charge >= 0.3 is 9.28 Å². The largest absolute Gasteiger partial charge is 0.518 e. The van der Waals surface area contributed by atoms with Crippen LogP contribution >= 0.6 is 0 Å². The minimum Gasteiger partial charge on any atom is -0.518 e. The van der Waals surface area contributed by atoms with E-state index in [0.717, 1.165) is 6.04 Å². The second-order valence-electron chi connectivity index (χ2n) is 8.50. The van der Waals surface area contributed by atoms with E-state index in [2.05, 4.69) is 13.8 Å². The van der Waals surface area contributed by atoms with Crippen molar-refractivity contribution in [3.8, 4) is 0 Å². The van der Waals surface area contributed by atoms with Crippen molar-refractivity contribution in [2.75, 3.05) is 13.2 Å². The molecule has 27 heavy (non-hydrogen) atoms. The van der Waals surface area contributed by atoms with E-state index < -0.39 is 22.6 Å². The molecule has 0 saturated heterocycles. The summed E-state index contributed by atoms with van der Waals surface area (Å²) in [6.45, 7) is 11.5. The van der Waals surface area contributed by atoms with E-state index in [9.17, 15) is 4.79 Å². The van der Waals surface area contributed by atoms with Gasteiger partial charge in [0.05, 0.1) is 0 Å². The van der Waals surface area contributed by atoms with Crippen molar-refractivity contribution in [3.05, 3.63) is 0 Å². The monoisotopic (exact) mass is 413 g/mol. The van der Waals surface area contributed by atoms with Gasteiger partial charge in [0.15, 0.2) is 0 Å². The molecule has 1 radical (unpaired) electrons. The molecule has 0 spiro atoms. The zero-order valence-corrected chi connectivity index (χ0v) is 20.3. The van der Waals surface area contributed by atoms with E-state index in [0.29, 0.717) is 30.7 Å². The van der Waals surface area contributed by atoms with Crippen LogP contribution in [-0.2, 0) is 18.1 Å². The van der Waals surface area contributed by atoms with Crippen molar-refractivity contribution < 1.29 is 18.1 Å². The zero-order valence-electron chi connectivity index (χ0n) is 18.3. The van der Waals surface area contributed by atoms with Crippen molar-refractivity contribution >= 4 is 23.6 Å². The van der Waals surface area contributed by atoms with Gasteiger partial charge in [-0.2, -0.15) is 0 Å². The lowest BCUT2D eigenvalue weighted by atomic mass is 10.1. The molecule has 0 aromatic heterocycles. The van der Waals surface area contributed by atoms with Crippen LogP contribution in [0.1, 0.15) is 92.4 Å². The first-order valence-electron chi connectivity index (χ1n) is 11.3. The van der Waals surface area contributed by atoms with Crippen LogP contribution in [0.25, 0.3) is 0 Å². The molecule has 0 heterocycles. The lowest BCUT2D eigenvalue weighted by Gasteiger charge is -2.43. The van der Waals surface area contributed by atoms with Gasteiger partial charge in [-0.15, -0.1) is 0 Å². The van der Waals surface area contributed by atoms with Crippen molar-refractivity contribution in [2.45, 2.75) is 115 Å². The molecule has 6 heteroatoms. The van der Waals surface area contributed by atoms with Crippen LogP contribution < -0.4 is 0 Å². The Labute approximate surface area is 169 Å². The lowest BCUT2D eigenvalue weighted by molar-refractivity contribution is -0.140. The summed E-state index contributed by atoms with van der Waals surface area (Å²) < 4.78 is 18.7. The Morgan fingerprint density at radius 3 is 1.70 bits per heavy atom. The number of carbonyl (C=O) groups excluding carboxylic acids is 1. The topological polar surface area (TPSA) is 44.8 Å². The number of carbonyl (C=O) groups is 1. The van der Waals surface area contributed by atoms with Gasteiger partial charge in [-0.1, -0.05) is 39.5 Å². The van der Waals surface area contributed by atoms with Crippen LogP contribution in [0.4, 0.5) is 0 Å². The molecule has 0 aromatic carbocycles. The van der Waals surface area contributed by atoms with Crippen molar-refractivity contribution in [3.63, 3.8) is 0 Å². The van der Waals surface area contributed by atoms with Crippen LogP contribution in [0.3, 0.4) is 0 Å². The Morgan fingerprint density at radius 2 is 1.37 bits per heavy atom. The summed E-state index contributed by atoms with van der Waals surface area (Å²) in [7, 11) is -3.84. The van der Waals surface area contributed by atoms with Gasteiger partial charge in [0.1, 0.15) is 5.04 Å². The predicted octanol–water partition coefficient (Wildman–Crippen LogP) is 6.11. The van der Waals surface area contributed by atoms with Gasteiger partial charge in [-0.3, -0.25) is 4.79 Å². The van der Waals surface area contributed by atoms with E-state index in [-0.39, 0.29) is 5.97 Å². The maximum Gasteiger partial charge on any atom is 0.402 e. The fourth-order valence-corrected chi connectivity index (χ4v) is 12.8. The van der Waals surface area contributed by atoms with E-state index in [4.69, 9.17) is 13.3 Å². The minimum atomic E-state index is -2.13. The molecule has 0 bridgehead atoms. The summed E-state index contributed by atoms with van der Waals surface area (Å²) >= 11 is 0. The van der Waals surface area contributed by atoms with Crippen LogP contribution in [0.2, 0.25) is 22.2 Å². The lowest BCUT2D eigenvalue weighted by Crippen LogP contribution is -2.52. The Bertz CT molecular complexity index is 439. The van der Waals surface area contributed by atoms with Crippen LogP contribution in [0.15, 0.2) is 0 Å². The first-order chi connectivity index (χ1) is 13.0. The van der Waals surface area contributed by atoms with Gasteiger partial charge in [0.25, 0.3) is 14.3 Å². The molecular formula is C21H41O4Si2. The van der Waals surface area contributed by atoms with E-state index in [1.807, 2.05) is 20.8 Å². The molecule has 2 rings (SSSR count). The van der Waals surface area contributed by atoms with Crippen molar-refractivity contribution in [2.24, 2.45) is 0 Å². The van der Waals surface area contributed by atoms with Gasteiger partial charge in [0, 0.05) is 13.2 Å². The van der Waals surface area contributed by atoms with Gasteiger partial charge in [0.2, 0.25) is 0 Å². The normalized spacial score (nSPS) is 21.7. The van der Waals surface area contributed by atoms with E-state index in [1.54, 1.807) is 0 Å². The van der Waals surface area contributed by atoms with Crippen molar-refractivity contribution in [1.82, 2.24) is 0 Å². The maximum absolute atomic E-state index is 13.7. The Morgan fingerprint density at radius 1 is 0.926 bits per heavy atom. The van der Waals surface area contributed by atoms with E-state index in [1.165, 1.54) is 51.4 Å². The molecule has 4 nitrogen and oxygen atoms in total. The average Bonchev–Trinajstić information content (AvgIpc) is 3.39. The molecule has 1 atom stereocenters. The Balaban J connectivity index is 2.29. The quantitative estimate of drug-likeness (QED) is 0.383. The standard InChI is InChI=1S/C21H41O4Si2/c1-6-21(5,26(23-7-2)24-8-3)20(22)25-27(9-4,18-14-10-11-15-18)19-16-12-13-17-19/h18-19H,6-17H2,1-5H3. The molecule has 2 fully saturated rings. The maximum atomic E-state index is 13.7. The number of hydrogen-bond donors (Lipinski definition) is 0. The van der Waals surface area contributed by atoms with Gasteiger partial charge < -0.3 is 13.3 Å². The highest BCUT2D eigenvalue weighted by molar-refractivity contribution is 6.78. The molecular weight excluding hydrogens is 372 g/mol. The SMILES string of the molecule is CCO[Si](OCC)C(C)(CC)C(=O)O[Si](CC)(C1CCCC1)C1CCCC1. The van der Waals surface area contributed by atoms with Crippen molar-refractivity contribution in [1.29, 1.82) is 0 Å². The average molecular weight is 414 g/mol. The summed E-state index contributed by atoms with van der Waals surface area (Å²) in [5, 5.41) is -0.638. The molecule has 0 aromatic rings. The molecule has 0 amide bonds. The Hall–Kier alpha value is -0.176. The highest BCUT2D eigenvalue weighted by atomic mass is 28.4. The molecule has 2 saturated carbocycles. The second-order valence-corrected chi connectivity index (χ2v) is 15.2. The molecule has 0 aliphatic heterocycles. The Kier molecular flexibility index (Phi) is 9.03. The smallest absolute Gasteiger partial charge is 0.402 e. The fourth-order valence-electron chi connectivity index (χ4n) is 5.26. The molecule has 0 N–H and O–H groups in total. The van der Waals surface area contributed by atoms with Gasteiger partial charge in [-0.25, -0.2) is 0 Å². The zero-order chi connectivity index (χ0) is 19.9. The summed E-state index contributed by atoms with van der Waals surface area (Å²) in [6, 6.07) is 1.07. The van der Waals surface area contributed by atoms with E-state index >= 15 is 0 Å². The summed E-state index contributed by atoms with van der Waals surface area (Å²) in [4.78, 5) is 13.7. The third-order valence-corrected chi connectivity index (χ3v) is 15.2. The van der Waals surface area contributed by atoms with Gasteiger partial charge in [-0.05, 0) is 70.0 Å². The second kappa shape index (κ2) is 10.6. The minimum absolute atomic E-state index is 0.0203. The summed E-state index contributed by atoms with van der Waals surface area (Å²) in [5.74, 6) is -0.0203. The van der Waals surface area contributed by atoms with Crippen LogP contribution in [0.5, 0.6) is 0 Å². The molecule has 2 aliphatic carbocycles. The third kappa shape index (κ3) is 4.88. The first-order valence-corrected chi connectivity index (χ1v) is 14.9. The van der Waals surface area contributed by atoms with Crippen LogP contribution in [-0.4, -0.2) is 36.8 Å². The molecule has 1 unspecified atom stereocenters. The summed E-state index contributed by atoms with van der Waals surface area (Å²) in [6.07, 6.45) is 11.0. The molecule has 157 valence electrons. The first kappa shape index (κ1) is 23.1. The fraction of sp³-hybridized carbons (Fsp3) is 0.952. The third-order valence-electron chi connectivity index (χ3n) is 7.09. The predicted molar refractivity (Wildman–Crippen MR) is 114 cm³/mol. The summed E-state index contributed by atoms with van der Waals surface area (Å²) in [5.41, 5.74) is 1.32. The number of rotatable bonds is 11. The molecule has 2 aliphatic rings. The highest BCUT2D eigenvalue weighted by Crippen LogP contribution is 2.53. The van der Waals surface area contributed by atoms with Crippen LogP contribution in [0, 0.1) is 0 Å².